The van der Waals surface area contributed by atoms with E-state index in [2.05, 4.69) is 34.6 Å². The van der Waals surface area contributed by atoms with Gasteiger partial charge in [0.05, 0.1) is 19.6 Å². The minimum atomic E-state index is -0.768. The fourth-order valence-corrected chi connectivity index (χ4v) is 10.4. The molecule has 0 amide bonds. The third-order valence-corrected chi connectivity index (χ3v) is 12.7. The maximum Gasteiger partial charge on any atom is 0.341 e. The molecule has 6 nitrogen and oxygen atoms in total. The number of ether oxygens (including phenoxy) is 2. The number of rotatable bonds is 2. The van der Waals surface area contributed by atoms with Crippen LogP contribution < -0.4 is 0 Å². The predicted molar refractivity (Wildman–Crippen MR) is 147 cm³/mol. The van der Waals surface area contributed by atoms with Crippen LogP contribution in [0.25, 0.3) is 0 Å². The molecule has 0 heterocycles. The van der Waals surface area contributed by atoms with Crippen molar-refractivity contribution < 1.29 is 28.7 Å². The smallest absolute Gasteiger partial charge is 0.341 e. The molecule has 0 aromatic carbocycles. The number of hydrogen-bond donors (Lipinski definition) is 0. The van der Waals surface area contributed by atoms with E-state index in [4.69, 9.17) is 9.47 Å². The normalized spacial score (nSPS) is 44.0. The van der Waals surface area contributed by atoms with E-state index >= 15 is 0 Å². The van der Waals surface area contributed by atoms with E-state index in [-0.39, 0.29) is 57.1 Å². The van der Waals surface area contributed by atoms with Crippen molar-refractivity contribution in [2.75, 3.05) is 14.2 Å². The quantitative estimate of drug-likeness (QED) is 0.315. The van der Waals surface area contributed by atoms with Crippen LogP contribution in [0.3, 0.4) is 0 Å². The van der Waals surface area contributed by atoms with Gasteiger partial charge < -0.3 is 9.47 Å². The van der Waals surface area contributed by atoms with E-state index in [0.29, 0.717) is 0 Å². The first-order valence-electron chi connectivity index (χ1n) is 14.7. The van der Waals surface area contributed by atoms with Gasteiger partial charge in [0.2, 0.25) is 0 Å². The van der Waals surface area contributed by atoms with Crippen LogP contribution in [0.1, 0.15) is 93.4 Å². The van der Waals surface area contributed by atoms with Gasteiger partial charge in [0.25, 0.3) is 0 Å². The Morgan fingerprint density at radius 3 is 2.13 bits per heavy atom. The van der Waals surface area contributed by atoms with Crippen molar-refractivity contribution in [3.8, 4) is 0 Å². The Labute approximate surface area is 233 Å². The summed E-state index contributed by atoms with van der Waals surface area (Å²) in [6.07, 6.45) is 9.37. The highest BCUT2D eigenvalue weighted by atomic mass is 16.5. The zero-order valence-corrected chi connectivity index (χ0v) is 25.3. The highest BCUT2D eigenvalue weighted by Crippen LogP contribution is 2.74. The maximum absolute atomic E-state index is 14.5. The van der Waals surface area contributed by atoms with E-state index in [1.165, 1.54) is 14.2 Å². The number of carbonyl (C=O) groups is 4. The van der Waals surface area contributed by atoms with E-state index in [9.17, 15) is 19.2 Å². The molecule has 214 valence electrons. The van der Waals surface area contributed by atoms with Gasteiger partial charge in [-0.3, -0.25) is 14.4 Å². The second kappa shape index (κ2) is 8.39. The third-order valence-electron chi connectivity index (χ3n) is 12.7. The average Bonchev–Trinajstić information content (AvgIpc) is 2.86. The Morgan fingerprint density at radius 2 is 1.51 bits per heavy atom. The molecule has 3 fully saturated rings. The van der Waals surface area contributed by atoms with Gasteiger partial charge in [-0.05, 0) is 79.1 Å². The number of hydrogen-bond acceptors (Lipinski definition) is 6. The Bertz CT molecular complexity index is 1220. The van der Waals surface area contributed by atoms with Gasteiger partial charge in [-0.1, -0.05) is 60.1 Å². The Hall–Kier alpha value is -2.24. The summed E-state index contributed by atoms with van der Waals surface area (Å²) in [5.74, 6) is -1.26. The van der Waals surface area contributed by atoms with Gasteiger partial charge >= 0.3 is 11.9 Å². The van der Waals surface area contributed by atoms with E-state index in [1.54, 1.807) is 0 Å². The molecule has 3 saturated carbocycles. The van der Waals surface area contributed by atoms with Crippen LogP contribution in [-0.4, -0.2) is 37.7 Å². The van der Waals surface area contributed by atoms with Gasteiger partial charge in [0, 0.05) is 16.7 Å². The molecule has 5 rings (SSSR count). The first-order valence-corrected chi connectivity index (χ1v) is 14.7. The molecule has 0 spiro atoms. The molecule has 5 aliphatic carbocycles. The minimum absolute atomic E-state index is 0.0375. The number of fused-ring (bicyclic) bond motifs is 7. The predicted octanol–water partition coefficient (Wildman–Crippen LogP) is 6.03. The van der Waals surface area contributed by atoms with Crippen LogP contribution in [0, 0.1) is 50.2 Å². The summed E-state index contributed by atoms with van der Waals surface area (Å²) in [6, 6.07) is 0. The van der Waals surface area contributed by atoms with E-state index in [1.807, 2.05) is 26.0 Å². The zero-order valence-electron chi connectivity index (χ0n) is 25.3. The lowest BCUT2D eigenvalue weighted by Gasteiger charge is -2.68. The molecule has 6 heteroatoms. The number of methoxy groups -OCH3 is 2. The van der Waals surface area contributed by atoms with Crippen molar-refractivity contribution in [1.29, 1.82) is 0 Å². The zero-order chi connectivity index (χ0) is 29.0. The largest absolute Gasteiger partial charge is 0.469 e. The lowest BCUT2D eigenvalue weighted by molar-refractivity contribution is -0.191. The van der Waals surface area contributed by atoms with Crippen molar-refractivity contribution in [3.63, 3.8) is 0 Å². The van der Waals surface area contributed by atoms with Crippen molar-refractivity contribution in [2.24, 2.45) is 50.2 Å². The van der Waals surface area contributed by atoms with Crippen LogP contribution in [0.15, 0.2) is 23.3 Å². The molecule has 0 aromatic rings. The van der Waals surface area contributed by atoms with Crippen LogP contribution in [0.2, 0.25) is 0 Å². The molecule has 0 N–H and O–H groups in total. The second-order valence-electron chi connectivity index (χ2n) is 15.3. The summed E-state index contributed by atoms with van der Waals surface area (Å²) in [7, 11) is 2.78. The second-order valence-corrected chi connectivity index (χ2v) is 15.3. The number of allylic oxidation sites excluding steroid dienone is 3. The SMILES string of the molecule is COC(=O)C1=C[C@]2(C)C3=CC(=O)[C@@H]4[C@@H]5CC(C)(C)CC[C@]5(C(=O)OC)CC[C@@]4(C)[C@]3(C)CC[C@H]2C(C)(C)C1=O. The lowest BCUT2D eigenvalue weighted by atomic mass is 9.34. The summed E-state index contributed by atoms with van der Waals surface area (Å²) < 4.78 is 10.4. The molecule has 0 radical (unpaired) electrons. The van der Waals surface area contributed by atoms with E-state index in [0.717, 1.165) is 50.5 Å². The summed E-state index contributed by atoms with van der Waals surface area (Å²) in [4.78, 5) is 54.1. The molecule has 39 heavy (non-hydrogen) atoms. The van der Waals surface area contributed by atoms with Gasteiger partial charge in [-0.25, -0.2) is 4.79 Å². The number of carbonyl (C=O) groups excluding carboxylic acids is 4. The van der Waals surface area contributed by atoms with Crippen LogP contribution in [0.5, 0.6) is 0 Å². The van der Waals surface area contributed by atoms with Crippen molar-refractivity contribution >= 4 is 23.5 Å². The van der Waals surface area contributed by atoms with Crippen molar-refractivity contribution in [2.45, 2.75) is 93.4 Å². The van der Waals surface area contributed by atoms with Crippen molar-refractivity contribution in [1.82, 2.24) is 0 Å². The minimum Gasteiger partial charge on any atom is -0.469 e. The molecular weight excluding hydrogens is 492 g/mol. The molecule has 0 aliphatic heterocycles. The van der Waals surface area contributed by atoms with Crippen LogP contribution >= 0.6 is 0 Å². The summed E-state index contributed by atoms with van der Waals surface area (Å²) >= 11 is 0. The van der Waals surface area contributed by atoms with Gasteiger partial charge in [-0.15, -0.1) is 0 Å². The van der Waals surface area contributed by atoms with Crippen LogP contribution in [-0.2, 0) is 28.7 Å². The molecule has 0 bridgehead atoms. The molecular formula is C33H46O6. The first kappa shape index (κ1) is 28.3. The molecule has 0 aromatic heterocycles. The third kappa shape index (κ3) is 3.45. The maximum atomic E-state index is 14.5. The van der Waals surface area contributed by atoms with Gasteiger partial charge in [-0.2, -0.15) is 0 Å². The standard InChI is InChI=1S/C33H46O6/c1-28(2)12-14-33(27(37)39-9)15-13-32(7)24(20(33)18-28)21(34)16-23-30(5)17-19(26(36)38-8)25(35)29(3,4)22(30)10-11-31(23,32)6/h16-17,20,22,24H,10-15,18H2,1-9H3/t20-,22-,24-,30-,31+,32+,33-/m0/s1. The fourth-order valence-electron chi connectivity index (χ4n) is 10.4. The van der Waals surface area contributed by atoms with Crippen LogP contribution in [0.4, 0.5) is 0 Å². The number of esters is 2. The average molecular weight is 539 g/mol. The highest BCUT2D eigenvalue weighted by molar-refractivity contribution is 6.20. The lowest BCUT2D eigenvalue weighted by Crippen LogP contribution is -2.66. The van der Waals surface area contributed by atoms with Gasteiger partial charge in [0.1, 0.15) is 5.57 Å². The molecule has 0 saturated heterocycles. The fraction of sp³-hybridized carbons (Fsp3) is 0.758. The summed E-state index contributed by atoms with van der Waals surface area (Å²) in [5.41, 5.74) is -1.54. The molecule has 7 atom stereocenters. The monoisotopic (exact) mass is 538 g/mol. The first-order chi connectivity index (χ1) is 17.9. The summed E-state index contributed by atoms with van der Waals surface area (Å²) in [6.45, 7) is 15.1. The Balaban J connectivity index is 1.71. The number of ketones is 2. The molecule has 0 unspecified atom stereocenters. The highest BCUT2D eigenvalue weighted by Gasteiger charge is 2.71. The van der Waals surface area contributed by atoms with Gasteiger partial charge in [0.15, 0.2) is 11.6 Å². The number of Topliss-reactive ketones (excluding diaryl/α,β-unsaturated/α-hetero) is 1. The van der Waals surface area contributed by atoms with E-state index < -0.39 is 22.2 Å². The summed E-state index contributed by atoms with van der Waals surface area (Å²) in [5, 5.41) is 0. The Kier molecular flexibility index (Phi) is 6.09. The Morgan fingerprint density at radius 1 is 0.872 bits per heavy atom. The van der Waals surface area contributed by atoms with Crippen molar-refractivity contribution in [3.05, 3.63) is 23.3 Å². The molecule has 5 aliphatic rings. The topological polar surface area (TPSA) is 86.7 Å².